The Morgan fingerprint density at radius 2 is 2.23 bits per heavy atom. The second kappa shape index (κ2) is 6.06. The third-order valence-corrected chi connectivity index (χ3v) is 4.55. The highest BCUT2D eigenvalue weighted by Gasteiger charge is 2.34. The number of aromatic nitrogens is 5. The maximum absolute atomic E-state index is 12.8. The van der Waals surface area contributed by atoms with Crippen molar-refractivity contribution in [3.8, 4) is 11.4 Å². The molecule has 8 nitrogen and oxygen atoms in total. The number of H-pyrrole nitrogens is 1. The normalized spacial score (nSPS) is 14.6. The summed E-state index contributed by atoms with van der Waals surface area (Å²) in [6.45, 7) is 4.59. The van der Waals surface area contributed by atoms with Crippen molar-refractivity contribution >= 4 is 11.7 Å². The van der Waals surface area contributed by atoms with E-state index in [1.54, 1.807) is 31.8 Å². The van der Waals surface area contributed by atoms with E-state index in [1.807, 2.05) is 6.20 Å². The Hall–Kier alpha value is -3.00. The summed E-state index contributed by atoms with van der Waals surface area (Å²) in [6, 6.07) is 1.65. The van der Waals surface area contributed by atoms with Gasteiger partial charge in [-0.15, -0.1) is 0 Å². The number of hydrogen-bond donors (Lipinski definition) is 2. The van der Waals surface area contributed by atoms with Crippen LogP contribution in [0.15, 0.2) is 30.9 Å². The fourth-order valence-corrected chi connectivity index (χ4v) is 3.39. The van der Waals surface area contributed by atoms with Crippen molar-refractivity contribution in [1.82, 2.24) is 24.5 Å². The van der Waals surface area contributed by atoms with Gasteiger partial charge in [0.05, 0.1) is 11.1 Å². The first-order valence-corrected chi connectivity index (χ1v) is 8.36. The minimum absolute atomic E-state index is 0.0981. The average molecular weight is 352 g/mol. The van der Waals surface area contributed by atoms with Gasteiger partial charge >= 0.3 is 0 Å². The number of fused-ring (bicyclic) bond motifs is 3. The van der Waals surface area contributed by atoms with E-state index in [2.05, 4.69) is 43.7 Å². The molecule has 0 aliphatic carbocycles. The molecule has 0 fully saturated rings. The number of imidazole rings is 1. The van der Waals surface area contributed by atoms with Crippen molar-refractivity contribution < 1.29 is 9.53 Å². The second-order valence-corrected chi connectivity index (χ2v) is 6.91. The van der Waals surface area contributed by atoms with Crippen molar-refractivity contribution in [2.75, 3.05) is 12.4 Å². The molecule has 0 saturated carbocycles. The van der Waals surface area contributed by atoms with Crippen molar-refractivity contribution in [3.63, 3.8) is 0 Å². The van der Waals surface area contributed by atoms with Gasteiger partial charge in [0.2, 0.25) is 0 Å². The summed E-state index contributed by atoms with van der Waals surface area (Å²) in [5.41, 5.74) is 2.31. The van der Waals surface area contributed by atoms with Crippen LogP contribution in [0.1, 0.15) is 35.7 Å². The molecule has 0 aromatic carbocycles. The van der Waals surface area contributed by atoms with Gasteiger partial charge in [-0.05, 0) is 19.9 Å². The van der Waals surface area contributed by atoms with Gasteiger partial charge in [0.15, 0.2) is 5.82 Å². The number of rotatable bonds is 4. The van der Waals surface area contributed by atoms with Crippen LogP contribution in [0.3, 0.4) is 0 Å². The topological polar surface area (TPSA) is 97.7 Å². The smallest absolute Gasteiger partial charge is 0.259 e. The number of amides is 1. The van der Waals surface area contributed by atoms with E-state index in [9.17, 15) is 4.79 Å². The highest BCUT2D eigenvalue weighted by molar-refractivity contribution is 6.08. The lowest BCUT2D eigenvalue weighted by molar-refractivity contribution is 0.102. The van der Waals surface area contributed by atoms with E-state index in [1.165, 1.54) is 0 Å². The highest BCUT2D eigenvalue weighted by atomic mass is 16.5. The standard InChI is InChI=1S/C18H20N6O2/c1-18(2)8-12-15(16-20-6-7-24(16)18)11(9-21-12)17(25)23-13-4-5-19-14(22-13)10-26-3/h4-7,9,21H,8,10H2,1-3H3,(H,19,22,23,25). The third kappa shape index (κ3) is 2.68. The molecule has 1 amide bonds. The minimum Gasteiger partial charge on any atom is -0.377 e. The molecule has 0 atom stereocenters. The van der Waals surface area contributed by atoms with Gasteiger partial charge in [-0.2, -0.15) is 0 Å². The van der Waals surface area contributed by atoms with E-state index in [-0.39, 0.29) is 18.1 Å². The van der Waals surface area contributed by atoms with Crippen molar-refractivity contribution in [2.45, 2.75) is 32.4 Å². The zero-order chi connectivity index (χ0) is 18.3. The maximum atomic E-state index is 12.8. The highest BCUT2D eigenvalue weighted by Crippen LogP contribution is 2.38. The molecule has 134 valence electrons. The molecule has 0 spiro atoms. The molecule has 3 aromatic rings. The van der Waals surface area contributed by atoms with Crippen LogP contribution in [-0.2, 0) is 23.3 Å². The van der Waals surface area contributed by atoms with Crippen LogP contribution >= 0.6 is 0 Å². The quantitative estimate of drug-likeness (QED) is 0.751. The minimum atomic E-state index is -0.237. The molecule has 4 heterocycles. The number of ether oxygens (including phenoxy) is 1. The molecule has 1 aliphatic heterocycles. The number of nitrogens with zero attached hydrogens (tertiary/aromatic N) is 4. The van der Waals surface area contributed by atoms with E-state index in [0.717, 1.165) is 23.5 Å². The Labute approximate surface area is 150 Å². The molecular formula is C18H20N6O2. The SMILES string of the molecule is COCc1nccc(NC(=O)c2c[nH]c3c2-c2nccn2C(C)(C)C3)n1. The number of methoxy groups -OCH3 is 1. The van der Waals surface area contributed by atoms with Gasteiger partial charge in [0.1, 0.15) is 18.2 Å². The summed E-state index contributed by atoms with van der Waals surface area (Å²) in [5, 5.41) is 2.83. The molecule has 8 heteroatoms. The average Bonchev–Trinajstić information content (AvgIpc) is 3.21. The number of anilines is 1. The Morgan fingerprint density at radius 3 is 3.04 bits per heavy atom. The summed E-state index contributed by atoms with van der Waals surface area (Å²) in [4.78, 5) is 29.0. The predicted octanol–water partition coefficient (Wildman–Crippen LogP) is 2.36. The van der Waals surface area contributed by atoms with Crippen LogP contribution in [0.2, 0.25) is 0 Å². The predicted molar refractivity (Wildman–Crippen MR) is 95.7 cm³/mol. The molecule has 0 unspecified atom stereocenters. The van der Waals surface area contributed by atoms with Crippen LogP contribution in [0.5, 0.6) is 0 Å². The molecule has 1 aliphatic rings. The molecule has 0 bridgehead atoms. The third-order valence-electron chi connectivity index (χ3n) is 4.55. The van der Waals surface area contributed by atoms with Gasteiger partial charge in [0.25, 0.3) is 5.91 Å². The van der Waals surface area contributed by atoms with Gasteiger partial charge < -0.3 is 19.6 Å². The summed E-state index contributed by atoms with van der Waals surface area (Å²) in [7, 11) is 1.57. The van der Waals surface area contributed by atoms with Crippen LogP contribution in [0, 0.1) is 0 Å². The number of hydrogen-bond acceptors (Lipinski definition) is 5. The molecule has 2 N–H and O–H groups in total. The van der Waals surface area contributed by atoms with Crippen molar-refractivity contribution in [2.24, 2.45) is 0 Å². The number of carbonyl (C=O) groups is 1. The Bertz CT molecular complexity index is 972. The summed E-state index contributed by atoms with van der Waals surface area (Å²) in [5.74, 6) is 1.51. The molecule has 4 rings (SSSR count). The lowest BCUT2D eigenvalue weighted by atomic mass is 9.90. The first kappa shape index (κ1) is 16.5. The molecule has 26 heavy (non-hydrogen) atoms. The van der Waals surface area contributed by atoms with E-state index < -0.39 is 0 Å². The van der Waals surface area contributed by atoms with E-state index >= 15 is 0 Å². The van der Waals surface area contributed by atoms with Crippen molar-refractivity contribution in [1.29, 1.82) is 0 Å². The lowest BCUT2D eigenvalue weighted by Gasteiger charge is -2.32. The van der Waals surface area contributed by atoms with Gasteiger partial charge in [0, 0.05) is 49.6 Å². The maximum Gasteiger partial charge on any atom is 0.259 e. The van der Waals surface area contributed by atoms with Gasteiger partial charge in [-0.3, -0.25) is 4.79 Å². The number of aromatic amines is 1. The fraction of sp³-hybridized carbons (Fsp3) is 0.333. The Kier molecular flexibility index (Phi) is 3.84. The van der Waals surface area contributed by atoms with Gasteiger partial charge in [-0.25, -0.2) is 15.0 Å². The molecular weight excluding hydrogens is 332 g/mol. The van der Waals surface area contributed by atoms with E-state index in [4.69, 9.17) is 4.74 Å². The Balaban J connectivity index is 1.66. The molecule has 0 saturated heterocycles. The van der Waals surface area contributed by atoms with Crippen LogP contribution < -0.4 is 5.32 Å². The van der Waals surface area contributed by atoms with Crippen molar-refractivity contribution in [3.05, 3.63) is 47.9 Å². The number of nitrogens with one attached hydrogen (secondary N) is 2. The van der Waals surface area contributed by atoms with Gasteiger partial charge in [-0.1, -0.05) is 0 Å². The first-order valence-electron chi connectivity index (χ1n) is 8.36. The number of carbonyl (C=O) groups excluding carboxylic acids is 1. The molecule has 0 radical (unpaired) electrons. The van der Waals surface area contributed by atoms with Crippen LogP contribution in [0.25, 0.3) is 11.4 Å². The fourth-order valence-electron chi connectivity index (χ4n) is 3.39. The first-order chi connectivity index (χ1) is 12.5. The monoisotopic (exact) mass is 352 g/mol. The summed E-state index contributed by atoms with van der Waals surface area (Å²) < 4.78 is 7.14. The zero-order valence-corrected chi connectivity index (χ0v) is 14.9. The summed E-state index contributed by atoms with van der Waals surface area (Å²) >= 11 is 0. The second-order valence-electron chi connectivity index (χ2n) is 6.91. The van der Waals surface area contributed by atoms with Crippen LogP contribution in [0.4, 0.5) is 5.82 Å². The zero-order valence-electron chi connectivity index (χ0n) is 14.9. The van der Waals surface area contributed by atoms with E-state index in [0.29, 0.717) is 17.2 Å². The Morgan fingerprint density at radius 1 is 1.38 bits per heavy atom. The lowest BCUT2D eigenvalue weighted by Crippen LogP contribution is -2.33. The summed E-state index contributed by atoms with van der Waals surface area (Å²) in [6.07, 6.45) is 7.84. The van der Waals surface area contributed by atoms with Crippen LogP contribution in [-0.4, -0.2) is 37.5 Å². The largest absolute Gasteiger partial charge is 0.377 e. The molecule has 3 aromatic heterocycles.